The molecule has 0 spiro atoms. The molecule has 3 aromatic carbocycles. The number of fused-ring (bicyclic) bond motifs is 2. The van der Waals surface area contributed by atoms with E-state index >= 15 is 0 Å². The van der Waals surface area contributed by atoms with Crippen molar-refractivity contribution in [3.8, 4) is 12.3 Å². The van der Waals surface area contributed by atoms with E-state index in [9.17, 15) is 4.79 Å². The number of carbonyl (C=O) groups excluding carboxylic acids is 1. The summed E-state index contributed by atoms with van der Waals surface area (Å²) in [4.78, 5) is 14.4. The van der Waals surface area contributed by atoms with Gasteiger partial charge in [-0.05, 0) is 27.6 Å². The molecule has 1 amide bonds. The lowest BCUT2D eigenvalue weighted by molar-refractivity contribution is 0.0816. The zero-order chi connectivity index (χ0) is 14.8. The van der Waals surface area contributed by atoms with Crippen LogP contribution in [-0.4, -0.2) is 24.4 Å². The lowest BCUT2D eigenvalue weighted by atomic mass is 9.96. The number of terminal acetylenes is 1. The molecule has 21 heavy (non-hydrogen) atoms. The molecule has 0 saturated carbocycles. The molecular weight excluding hydrogens is 258 g/mol. The summed E-state index contributed by atoms with van der Waals surface area (Å²) >= 11 is 0. The van der Waals surface area contributed by atoms with Crippen LogP contribution in [0, 0.1) is 12.3 Å². The molecule has 0 aliphatic heterocycles. The van der Waals surface area contributed by atoms with E-state index < -0.39 is 0 Å². The standard InChI is InChI=1S/C19H15NO/c1-3-12-20(2)19(21)18-16-10-6-4-8-14(16)13-15-9-5-7-11-17(15)18/h1,4-11,13H,12H2,2H3. The largest absolute Gasteiger partial charge is 0.331 e. The molecule has 0 atom stereocenters. The van der Waals surface area contributed by atoms with Crippen LogP contribution in [0.25, 0.3) is 21.5 Å². The van der Waals surface area contributed by atoms with E-state index in [0.717, 1.165) is 27.1 Å². The van der Waals surface area contributed by atoms with E-state index in [0.29, 0.717) is 6.54 Å². The van der Waals surface area contributed by atoms with Crippen LogP contribution >= 0.6 is 0 Å². The Hall–Kier alpha value is -2.79. The third-order valence-electron chi connectivity index (χ3n) is 3.66. The van der Waals surface area contributed by atoms with Crippen molar-refractivity contribution in [1.82, 2.24) is 4.90 Å². The average molecular weight is 273 g/mol. The lowest BCUT2D eigenvalue weighted by Gasteiger charge is -2.17. The van der Waals surface area contributed by atoms with Crippen molar-refractivity contribution in [1.29, 1.82) is 0 Å². The molecule has 3 aromatic rings. The Kier molecular flexibility index (Phi) is 3.33. The Balaban J connectivity index is 2.35. The Morgan fingerprint density at radius 3 is 2.10 bits per heavy atom. The number of nitrogens with zero attached hydrogens (tertiary/aromatic N) is 1. The molecule has 102 valence electrons. The van der Waals surface area contributed by atoms with Gasteiger partial charge in [0, 0.05) is 7.05 Å². The van der Waals surface area contributed by atoms with Crippen molar-refractivity contribution in [3.63, 3.8) is 0 Å². The fraction of sp³-hybridized carbons (Fsp3) is 0.105. The average Bonchev–Trinajstić information content (AvgIpc) is 2.52. The maximum atomic E-state index is 12.8. The minimum Gasteiger partial charge on any atom is -0.331 e. The van der Waals surface area contributed by atoms with Crippen molar-refractivity contribution in [2.24, 2.45) is 0 Å². The number of benzene rings is 3. The highest BCUT2D eigenvalue weighted by molar-refractivity contribution is 6.18. The van der Waals surface area contributed by atoms with Crippen LogP contribution < -0.4 is 0 Å². The monoisotopic (exact) mass is 273 g/mol. The van der Waals surface area contributed by atoms with E-state index in [1.807, 2.05) is 48.5 Å². The van der Waals surface area contributed by atoms with Gasteiger partial charge in [0.05, 0.1) is 12.1 Å². The normalized spacial score (nSPS) is 10.5. The van der Waals surface area contributed by atoms with Crippen LogP contribution in [0.5, 0.6) is 0 Å². The topological polar surface area (TPSA) is 20.3 Å². The molecule has 0 bridgehead atoms. The molecule has 2 heteroatoms. The summed E-state index contributed by atoms with van der Waals surface area (Å²) in [5, 5.41) is 4.05. The molecule has 0 radical (unpaired) electrons. The summed E-state index contributed by atoms with van der Waals surface area (Å²) in [7, 11) is 1.73. The number of rotatable bonds is 2. The van der Waals surface area contributed by atoms with Crippen LogP contribution in [0.3, 0.4) is 0 Å². The Bertz CT molecular complexity index is 819. The van der Waals surface area contributed by atoms with E-state index in [4.69, 9.17) is 6.42 Å². The van der Waals surface area contributed by atoms with Gasteiger partial charge >= 0.3 is 0 Å². The molecule has 0 N–H and O–H groups in total. The van der Waals surface area contributed by atoms with Crippen molar-refractivity contribution in [3.05, 3.63) is 60.2 Å². The van der Waals surface area contributed by atoms with Crippen LogP contribution in [-0.2, 0) is 0 Å². The first-order chi connectivity index (χ1) is 10.2. The van der Waals surface area contributed by atoms with Crippen molar-refractivity contribution >= 4 is 27.5 Å². The van der Waals surface area contributed by atoms with E-state index in [1.54, 1.807) is 11.9 Å². The predicted octanol–water partition coefficient (Wildman–Crippen LogP) is 3.70. The predicted molar refractivity (Wildman–Crippen MR) is 87.2 cm³/mol. The van der Waals surface area contributed by atoms with Crippen LogP contribution in [0.1, 0.15) is 10.4 Å². The molecule has 0 saturated heterocycles. The lowest BCUT2D eigenvalue weighted by Crippen LogP contribution is -2.27. The molecule has 2 nitrogen and oxygen atoms in total. The Labute approximate surface area is 124 Å². The summed E-state index contributed by atoms with van der Waals surface area (Å²) < 4.78 is 0. The van der Waals surface area contributed by atoms with Gasteiger partial charge in [-0.3, -0.25) is 4.79 Å². The van der Waals surface area contributed by atoms with Crippen molar-refractivity contribution in [2.75, 3.05) is 13.6 Å². The Morgan fingerprint density at radius 2 is 1.57 bits per heavy atom. The summed E-state index contributed by atoms with van der Waals surface area (Å²) in [6.45, 7) is 0.302. The smallest absolute Gasteiger partial charge is 0.255 e. The number of hydrogen-bond acceptors (Lipinski definition) is 1. The molecule has 0 unspecified atom stereocenters. The highest BCUT2D eigenvalue weighted by Crippen LogP contribution is 2.29. The van der Waals surface area contributed by atoms with Gasteiger partial charge in [0.2, 0.25) is 0 Å². The van der Waals surface area contributed by atoms with Crippen molar-refractivity contribution in [2.45, 2.75) is 0 Å². The summed E-state index contributed by atoms with van der Waals surface area (Å²) in [6.07, 6.45) is 5.33. The third kappa shape index (κ3) is 2.23. The fourth-order valence-corrected chi connectivity index (χ4v) is 2.64. The Morgan fingerprint density at radius 1 is 1.05 bits per heavy atom. The zero-order valence-electron chi connectivity index (χ0n) is 11.8. The molecule has 0 aliphatic rings. The summed E-state index contributed by atoms with van der Waals surface area (Å²) in [6, 6.07) is 18.0. The molecule has 0 aromatic heterocycles. The second-order valence-corrected chi connectivity index (χ2v) is 5.06. The van der Waals surface area contributed by atoms with Gasteiger partial charge in [0.15, 0.2) is 0 Å². The minimum absolute atomic E-state index is 0.0408. The molecule has 0 heterocycles. The van der Waals surface area contributed by atoms with Crippen LogP contribution in [0.15, 0.2) is 54.6 Å². The number of carbonyl (C=O) groups is 1. The minimum atomic E-state index is -0.0408. The third-order valence-corrected chi connectivity index (χ3v) is 3.66. The number of hydrogen-bond donors (Lipinski definition) is 0. The highest BCUT2D eigenvalue weighted by Gasteiger charge is 2.17. The van der Waals surface area contributed by atoms with Gasteiger partial charge in [-0.15, -0.1) is 6.42 Å². The second kappa shape index (κ2) is 5.30. The summed E-state index contributed by atoms with van der Waals surface area (Å²) in [5.74, 6) is 2.48. The second-order valence-electron chi connectivity index (χ2n) is 5.06. The maximum absolute atomic E-state index is 12.8. The van der Waals surface area contributed by atoms with Gasteiger partial charge < -0.3 is 4.90 Å². The first-order valence-corrected chi connectivity index (χ1v) is 6.82. The van der Waals surface area contributed by atoms with E-state index in [1.165, 1.54) is 0 Å². The first-order valence-electron chi connectivity index (χ1n) is 6.82. The van der Waals surface area contributed by atoms with Gasteiger partial charge in [0.25, 0.3) is 5.91 Å². The van der Waals surface area contributed by atoms with Gasteiger partial charge in [0.1, 0.15) is 0 Å². The quantitative estimate of drug-likeness (QED) is 0.515. The van der Waals surface area contributed by atoms with Crippen molar-refractivity contribution < 1.29 is 4.79 Å². The van der Waals surface area contributed by atoms with Gasteiger partial charge in [-0.2, -0.15) is 0 Å². The molecule has 0 aliphatic carbocycles. The van der Waals surface area contributed by atoms with Gasteiger partial charge in [-0.25, -0.2) is 0 Å². The van der Waals surface area contributed by atoms with E-state index in [2.05, 4.69) is 12.0 Å². The first kappa shape index (κ1) is 13.2. The van der Waals surface area contributed by atoms with E-state index in [-0.39, 0.29) is 5.91 Å². The van der Waals surface area contributed by atoms with Crippen LogP contribution in [0.4, 0.5) is 0 Å². The maximum Gasteiger partial charge on any atom is 0.255 e. The molecular formula is C19H15NO. The molecule has 3 rings (SSSR count). The number of amides is 1. The molecule has 0 fully saturated rings. The highest BCUT2D eigenvalue weighted by atomic mass is 16.2. The zero-order valence-corrected chi connectivity index (χ0v) is 11.8. The SMILES string of the molecule is C#CCN(C)C(=O)c1c2ccccc2cc2ccccc12. The summed E-state index contributed by atoms with van der Waals surface area (Å²) in [5.41, 5.74) is 0.724. The van der Waals surface area contributed by atoms with Gasteiger partial charge in [-0.1, -0.05) is 54.5 Å². The fourth-order valence-electron chi connectivity index (χ4n) is 2.64. The van der Waals surface area contributed by atoms with Crippen LogP contribution in [0.2, 0.25) is 0 Å².